The lowest BCUT2D eigenvalue weighted by Crippen LogP contribution is -2.47. The Balaban J connectivity index is 1.91. The summed E-state index contributed by atoms with van der Waals surface area (Å²) in [6.07, 6.45) is 8.24. The molecular formula is C17H25NO. The summed E-state index contributed by atoms with van der Waals surface area (Å²) < 4.78 is 0. The van der Waals surface area contributed by atoms with Gasteiger partial charge in [-0.25, -0.2) is 0 Å². The van der Waals surface area contributed by atoms with Crippen LogP contribution in [0, 0.1) is 12.8 Å². The molecule has 19 heavy (non-hydrogen) atoms. The van der Waals surface area contributed by atoms with Crippen molar-refractivity contribution in [3.05, 3.63) is 29.3 Å². The molecule has 1 heterocycles. The van der Waals surface area contributed by atoms with Gasteiger partial charge in [0.2, 0.25) is 0 Å². The number of rotatable bonds is 2. The molecule has 0 spiro atoms. The molecule has 3 rings (SSSR count). The number of hydrogen-bond donors (Lipinski definition) is 1. The zero-order chi connectivity index (χ0) is 13.2. The summed E-state index contributed by atoms with van der Waals surface area (Å²) in [5, 5.41) is 9.64. The Bertz CT molecular complexity index is 441. The summed E-state index contributed by atoms with van der Waals surface area (Å²) in [7, 11) is 0. The van der Waals surface area contributed by atoms with Crippen LogP contribution in [0.1, 0.15) is 49.7 Å². The van der Waals surface area contributed by atoms with Crippen LogP contribution in [0.2, 0.25) is 0 Å². The number of fused-ring (bicyclic) bond motifs is 1. The van der Waals surface area contributed by atoms with Crippen molar-refractivity contribution in [2.45, 2.75) is 58.1 Å². The molecule has 0 bridgehead atoms. The third-order valence-electron chi connectivity index (χ3n) is 4.96. The maximum absolute atomic E-state index is 9.64. The molecule has 0 radical (unpaired) electrons. The van der Waals surface area contributed by atoms with Gasteiger partial charge >= 0.3 is 0 Å². The van der Waals surface area contributed by atoms with Crippen LogP contribution >= 0.6 is 0 Å². The van der Waals surface area contributed by atoms with Gasteiger partial charge in [0.1, 0.15) is 0 Å². The van der Waals surface area contributed by atoms with Crippen LogP contribution in [0.15, 0.2) is 18.2 Å². The van der Waals surface area contributed by atoms with Crippen molar-refractivity contribution in [3.63, 3.8) is 0 Å². The summed E-state index contributed by atoms with van der Waals surface area (Å²) in [4.78, 5) is 2.60. The number of aliphatic hydroxyl groups is 1. The van der Waals surface area contributed by atoms with Crippen molar-refractivity contribution in [1.82, 2.24) is 0 Å². The van der Waals surface area contributed by atoms with Crippen LogP contribution in [0.4, 0.5) is 5.69 Å². The van der Waals surface area contributed by atoms with Gasteiger partial charge < -0.3 is 10.0 Å². The van der Waals surface area contributed by atoms with Crippen LogP contribution in [-0.2, 0) is 6.61 Å². The van der Waals surface area contributed by atoms with E-state index in [4.69, 9.17) is 0 Å². The lowest BCUT2D eigenvalue weighted by atomic mass is 9.78. The van der Waals surface area contributed by atoms with Gasteiger partial charge in [0, 0.05) is 23.8 Å². The van der Waals surface area contributed by atoms with Gasteiger partial charge in [-0.2, -0.15) is 0 Å². The number of benzene rings is 1. The fraction of sp³-hybridized carbons (Fsp3) is 0.647. The lowest BCUT2D eigenvalue weighted by Gasteiger charge is -2.46. The molecule has 1 aliphatic heterocycles. The first-order chi connectivity index (χ1) is 9.29. The summed E-state index contributed by atoms with van der Waals surface area (Å²) >= 11 is 0. The minimum absolute atomic E-state index is 0.158. The molecule has 2 heteroatoms. The number of aliphatic hydroxyl groups excluding tert-OH is 1. The summed E-state index contributed by atoms with van der Waals surface area (Å²) in [5.41, 5.74) is 3.63. The molecule has 2 nitrogen and oxygen atoms in total. The Hall–Kier alpha value is -1.02. The second-order valence-corrected chi connectivity index (χ2v) is 6.24. The summed E-state index contributed by atoms with van der Waals surface area (Å²) in [5.74, 6) is 0.885. The van der Waals surface area contributed by atoms with E-state index in [-0.39, 0.29) is 6.61 Å². The van der Waals surface area contributed by atoms with Crippen LogP contribution in [0.25, 0.3) is 0 Å². The van der Waals surface area contributed by atoms with E-state index in [0.717, 1.165) is 24.1 Å². The third kappa shape index (κ3) is 2.51. The van der Waals surface area contributed by atoms with E-state index in [1.54, 1.807) is 0 Å². The van der Waals surface area contributed by atoms with Crippen molar-refractivity contribution in [1.29, 1.82) is 0 Å². The van der Waals surface area contributed by atoms with Crippen molar-refractivity contribution in [2.24, 2.45) is 5.92 Å². The van der Waals surface area contributed by atoms with E-state index in [9.17, 15) is 5.11 Å². The quantitative estimate of drug-likeness (QED) is 0.876. The van der Waals surface area contributed by atoms with Crippen molar-refractivity contribution < 1.29 is 5.11 Å². The maximum atomic E-state index is 9.64. The topological polar surface area (TPSA) is 23.5 Å². The van der Waals surface area contributed by atoms with E-state index in [1.807, 2.05) is 0 Å². The van der Waals surface area contributed by atoms with Crippen molar-refractivity contribution in [3.8, 4) is 0 Å². The average molecular weight is 259 g/mol. The monoisotopic (exact) mass is 259 g/mol. The van der Waals surface area contributed by atoms with Crippen LogP contribution < -0.4 is 4.90 Å². The minimum Gasteiger partial charge on any atom is -0.392 e. The SMILES string of the molecule is Cc1ccc(N2CCC[C@H]3CCCC[C@H]32)c(CO)c1. The third-order valence-corrected chi connectivity index (χ3v) is 4.96. The molecule has 104 valence electrons. The maximum Gasteiger partial charge on any atom is 0.0702 e. The largest absolute Gasteiger partial charge is 0.392 e. The van der Waals surface area contributed by atoms with Crippen molar-refractivity contribution >= 4 is 5.69 Å². The van der Waals surface area contributed by atoms with Gasteiger partial charge in [-0.1, -0.05) is 30.5 Å². The fourth-order valence-electron chi connectivity index (χ4n) is 4.05. The van der Waals surface area contributed by atoms with Crippen molar-refractivity contribution in [2.75, 3.05) is 11.4 Å². The first-order valence-electron chi connectivity index (χ1n) is 7.76. The first kappa shape index (κ1) is 13.0. The molecule has 1 aromatic rings. The number of nitrogens with zero attached hydrogens (tertiary/aromatic N) is 1. The molecule has 2 atom stereocenters. The van der Waals surface area contributed by atoms with E-state index >= 15 is 0 Å². The zero-order valence-electron chi connectivity index (χ0n) is 11.9. The van der Waals surface area contributed by atoms with E-state index in [2.05, 4.69) is 30.0 Å². The average Bonchev–Trinajstić information content (AvgIpc) is 2.46. The Labute approximate surface area is 116 Å². The van der Waals surface area contributed by atoms with Gasteiger partial charge in [0.25, 0.3) is 0 Å². The second kappa shape index (κ2) is 5.54. The Morgan fingerprint density at radius 3 is 2.79 bits per heavy atom. The highest BCUT2D eigenvalue weighted by Gasteiger charge is 2.33. The molecule has 2 fully saturated rings. The second-order valence-electron chi connectivity index (χ2n) is 6.24. The number of hydrogen-bond acceptors (Lipinski definition) is 2. The van der Waals surface area contributed by atoms with Gasteiger partial charge in [0.15, 0.2) is 0 Å². The first-order valence-corrected chi connectivity index (χ1v) is 7.76. The van der Waals surface area contributed by atoms with Crippen LogP contribution in [0.5, 0.6) is 0 Å². The number of aryl methyl sites for hydroxylation is 1. The highest BCUT2D eigenvalue weighted by Crippen LogP contribution is 2.38. The Morgan fingerprint density at radius 2 is 1.95 bits per heavy atom. The predicted molar refractivity (Wildman–Crippen MR) is 79.4 cm³/mol. The van der Waals surface area contributed by atoms with Gasteiger partial charge in [-0.15, -0.1) is 0 Å². The fourth-order valence-corrected chi connectivity index (χ4v) is 4.05. The highest BCUT2D eigenvalue weighted by molar-refractivity contribution is 5.56. The standard InChI is InChI=1S/C17H25NO/c1-13-8-9-17(15(11-13)12-19)18-10-4-6-14-5-2-3-7-16(14)18/h8-9,11,14,16,19H,2-7,10,12H2,1H3/t14-,16-/m1/s1. The predicted octanol–water partition coefficient (Wildman–Crippen LogP) is 3.65. The van der Waals surface area contributed by atoms with E-state index in [1.165, 1.54) is 49.8 Å². The molecule has 0 aromatic heterocycles. The Kier molecular flexibility index (Phi) is 3.79. The molecule has 1 aliphatic carbocycles. The molecular weight excluding hydrogens is 234 g/mol. The summed E-state index contributed by atoms with van der Waals surface area (Å²) in [6, 6.07) is 7.26. The Morgan fingerprint density at radius 1 is 1.16 bits per heavy atom. The molecule has 1 N–H and O–H groups in total. The molecule has 2 aliphatic rings. The van der Waals surface area contributed by atoms with E-state index in [0.29, 0.717) is 0 Å². The van der Waals surface area contributed by atoms with E-state index < -0.39 is 0 Å². The highest BCUT2D eigenvalue weighted by atomic mass is 16.3. The summed E-state index contributed by atoms with van der Waals surface area (Å²) in [6.45, 7) is 3.42. The minimum atomic E-state index is 0.158. The molecule has 1 saturated carbocycles. The molecule has 1 aromatic carbocycles. The molecule has 1 saturated heterocycles. The van der Waals surface area contributed by atoms with Gasteiger partial charge in [-0.05, 0) is 44.6 Å². The smallest absolute Gasteiger partial charge is 0.0702 e. The normalized spacial score (nSPS) is 27.2. The molecule has 0 unspecified atom stereocenters. The molecule has 0 amide bonds. The van der Waals surface area contributed by atoms with Gasteiger partial charge in [0.05, 0.1) is 6.61 Å². The van der Waals surface area contributed by atoms with Gasteiger partial charge in [-0.3, -0.25) is 0 Å². The zero-order valence-corrected chi connectivity index (χ0v) is 11.9. The number of piperidine rings is 1. The lowest BCUT2D eigenvalue weighted by molar-refractivity contribution is 0.241. The number of anilines is 1. The van der Waals surface area contributed by atoms with Crippen LogP contribution in [0.3, 0.4) is 0 Å². The van der Waals surface area contributed by atoms with Crippen LogP contribution in [-0.4, -0.2) is 17.7 Å².